The number of hydrazone groups is 1. The molecule has 1 N–H and O–H groups in total. The Morgan fingerprint density at radius 3 is 2.44 bits per heavy atom. The smallest absolute Gasteiger partial charge is 0.244 e. The fraction of sp³-hybridized carbons (Fsp3) is 0.143. The first-order valence-electron chi connectivity index (χ1n) is 11.0. The van der Waals surface area contributed by atoms with Gasteiger partial charge in [-0.2, -0.15) is 5.10 Å². The lowest BCUT2D eigenvalue weighted by molar-refractivity contribution is -0.120. The number of ether oxygens (including phenoxy) is 1. The molecule has 0 radical (unpaired) electrons. The zero-order chi connectivity index (χ0) is 23.9. The van der Waals surface area contributed by atoms with E-state index in [2.05, 4.69) is 15.1 Å². The van der Waals surface area contributed by atoms with E-state index >= 15 is 0 Å². The number of nitrogens with zero attached hydrogens (tertiary/aromatic N) is 2. The summed E-state index contributed by atoms with van der Waals surface area (Å²) in [6.07, 6.45) is 1.94. The number of aromatic nitrogens is 1. The predicted octanol–water partition coefficient (Wildman–Crippen LogP) is 5.51. The van der Waals surface area contributed by atoms with Crippen LogP contribution in [0.3, 0.4) is 0 Å². The highest BCUT2D eigenvalue weighted by molar-refractivity contribution is 5.84. The van der Waals surface area contributed by atoms with Gasteiger partial charge < -0.3 is 9.30 Å². The minimum atomic E-state index is -0.275. The molecule has 0 saturated carbocycles. The number of benzene rings is 3. The van der Waals surface area contributed by atoms with Crippen LogP contribution in [0.15, 0.2) is 90.0 Å². The van der Waals surface area contributed by atoms with Crippen molar-refractivity contribution in [3.63, 3.8) is 0 Å². The van der Waals surface area contributed by atoms with Crippen LogP contribution in [0.25, 0.3) is 5.69 Å². The molecule has 1 heterocycles. The lowest BCUT2D eigenvalue weighted by atomic mass is 10.1. The van der Waals surface area contributed by atoms with Gasteiger partial charge in [0.2, 0.25) is 5.91 Å². The molecule has 0 atom stereocenters. The van der Waals surface area contributed by atoms with Crippen molar-refractivity contribution in [2.75, 3.05) is 0 Å². The maximum absolute atomic E-state index is 13.8. The van der Waals surface area contributed by atoms with Crippen LogP contribution in [0.5, 0.6) is 5.75 Å². The predicted molar refractivity (Wildman–Crippen MR) is 132 cm³/mol. The molecule has 0 spiro atoms. The molecule has 0 aliphatic rings. The summed E-state index contributed by atoms with van der Waals surface area (Å²) < 4.78 is 21.6. The van der Waals surface area contributed by atoms with Crippen LogP contribution in [0.2, 0.25) is 0 Å². The minimum Gasteiger partial charge on any atom is -0.489 e. The normalized spacial score (nSPS) is 11.0. The van der Waals surface area contributed by atoms with Gasteiger partial charge >= 0.3 is 0 Å². The molecule has 34 heavy (non-hydrogen) atoms. The van der Waals surface area contributed by atoms with Crippen molar-refractivity contribution in [2.45, 2.75) is 26.9 Å². The molecule has 0 unspecified atom stereocenters. The highest BCUT2D eigenvalue weighted by atomic mass is 19.1. The number of halogens is 1. The van der Waals surface area contributed by atoms with Gasteiger partial charge in [0.15, 0.2) is 0 Å². The van der Waals surface area contributed by atoms with E-state index in [0.29, 0.717) is 11.3 Å². The van der Waals surface area contributed by atoms with E-state index in [0.717, 1.165) is 28.2 Å². The second-order valence-electron chi connectivity index (χ2n) is 7.99. The first-order valence-corrected chi connectivity index (χ1v) is 11.0. The SMILES string of the molecule is Cc1cc(/C=N/NC(=O)Cc2ccccc2)c(C)n1-c1ccc(OCc2ccccc2F)cc1. The molecule has 1 aromatic heterocycles. The molecule has 0 saturated heterocycles. The summed E-state index contributed by atoms with van der Waals surface area (Å²) in [5.41, 5.74) is 7.97. The number of nitrogens with one attached hydrogen (secondary N) is 1. The second-order valence-corrected chi connectivity index (χ2v) is 7.99. The van der Waals surface area contributed by atoms with E-state index in [9.17, 15) is 9.18 Å². The fourth-order valence-electron chi connectivity index (χ4n) is 3.78. The lowest BCUT2D eigenvalue weighted by Gasteiger charge is -2.12. The molecule has 5 nitrogen and oxygen atoms in total. The van der Waals surface area contributed by atoms with Gasteiger partial charge in [-0.1, -0.05) is 48.5 Å². The quantitative estimate of drug-likeness (QED) is 0.282. The van der Waals surface area contributed by atoms with Crippen LogP contribution in [0, 0.1) is 19.7 Å². The number of carbonyl (C=O) groups is 1. The number of carbonyl (C=O) groups excluding carboxylic acids is 1. The van der Waals surface area contributed by atoms with Gasteiger partial charge in [0.25, 0.3) is 0 Å². The highest BCUT2D eigenvalue weighted by Gasteiger charge is 2.10. The van der Waals surface area contributed by atoms with Crippen LogP contribution < -0.4 is 10.2 Å². The third-order valence-electron chi connectivity index (χ3n) is 5.52. The molecule has 0 bridgehead atoms. The maximum atomic E-state index is 13.8. The van der Waals surface area contributed by atoms with Crippen molar-refractivity contribution in [3.05, 3.63) is 119 Å². The fourth-order valence-corrected chi connectivity index (χ4v) is 3.78. The van der Waals surface area contributed by atoms with Gasteiger partial charge in [0.05, 0.1) is 12.6 Å². The molecule has 0 aliphatic carbocycles. The Balaban J connectivity index is 1.40. The summed E-state index contributed by atoms with van der Waals surface area (Å²) in [5.74, 6) is 0.225. The summed E-state index contributed by atoms with van der Waals surface area (Å²) in [5, 5.41) is 4.13. The average Bonchev–Trinajstić information content (AvgIpc) is 3.12. The van der Waals surface area contributed by atoms with Gasteiger partial charge in [-0.3, -0.25) is 4.79 Å². The van der Waals surface area contributed by atoms with Gasteiger partial charge in [0.1, 0.15) is 18.2 Å². The summed E-state index contributed by atoms with van der Waals surface area (Å²) >= 11 is 0. The average molecular weight is 456 g/mol. The largest absolute Gasteiger partial charge is 0.489 e. The maximum Gasteiger partial charge on any atom is 0.244 e. The summed E-state index contributed by atoms with van der Waals surface area (Å²) in [6, 6.07) is 25.8. The van der Waals surface area contributed by atoms with Crippen molar-refractivity contribution in [2.24, 2.45) is 5.10 Å². The van der Waals surface area contributed by atoms with E-state index < -0.39 is 0 Å². The van der Waals surface area contributed by atoms with E-state index in [4.69, 9.17) is 4.74 Å². The first-order chi connectivity index (χ1) is 16.5. The molecule has 0 aliphatic heterocycles. The van der Waals surface area contributed by atoms with Crippen molar-refractivity contribution in [1.29, 1.82) is 0 Å². The van der Waals surface area contributed by atoms with E-state index in [-0.39, 0.29) is 24.8 Å². The van der Waals surface area contributed by atoms with E-state index in [1.54, 1.807) is 24.4 Å². The topological polar surface area (TPSA) is 55.6 Å². The zero-order valence-corrected chi connectivity index (χ0v) is 19.2. The molecule has 1 amide bonds. The number of hydrogen-bond acceptors (Lipinski definition) is 3. The molecule has 6 heteroatoms. The number of rotatable bonds is 8. The van der Waals surface area contributed by atoms with Crippen molar-refractivity contribution in [3.8, 4) is 11.4 Å². The van der Waals surface area contributed by atoms with Gasteiger partial charge in [0, 0.05) is 28.2 Å². The van der Waals surface area contributed by atoms with Gasteiger partial charge in [-0.25, -0.2) is 9.82 Å². The Hall–Kier alpha value is -4.19. The monoisotopic (exact) mass is 455 g/mol. The molecular weight excluding hydrogens is 429 g/mol. The molecule has 172 valence electrons. The Bertz CT molecular complexity index is 1300. The second kappa shape index (κ2) is 10.6. The number of amides is 1. The summed E-state index contributed by atoms with van der Waals surface area (Å²) in [7, 11) is 0. The van der Waals surface area contributed by atoms with Crippen molar-refractivity contribution >= 4 is 12.1 Å². The molecule has 0 fully saturated rings. The Morgan fingerprint density at radius 1 is 1.00 bits per heavy atom. The Labute approximate surface area is 198 Å². The minimum absolute atomic E-state index is 0.165. The van der Waals surface area contributed by atoms with Crippen molar-refractivity contribution < 1.29 is 13.9 Å². The van der Waals surface area contributed by atoms with E-state index in [1.807, 2.05) is 74.5 Å². The van der Waals surface area contributed by atoms with Crippen LogP contribution in [0.4, 0.5) is 4.39 Å². The molecule has 4 rings (SSSR count). The molecule has 3 aromatic carbocycles. The molecule has 4 aromatic rings. The van der Waals surface area contributed by atoms with Crippen LogP contribution >= 0.6 is 0 Å². The third kappa shape index (κ3) is 5.59. The van der Waals surface area contributed by atoms with Crippen molar-refractivity contribution in [1.82, 2.24) is 9.99 Å². The lowest BCUT2D eigenvalue weighted by Crippen LogP contribution is -2.19. The van der Waals surface area contributed by atoms with Gasteiger partial charge in [-0.15, -0.1) is 0 Å². The zero-order valence-electron chi connectivity index (χ0n) is 19.2. The number of hydrogen-bond donors (Lipinski definition) is 1. The highest BCUT2D eigenvalue weighted by Crippen LogP contribution is 2.23. The summed E-state index contributed by atoms with van der Waals surface area (Å²) in [6.45, 7) is 4.19. The van der Waals surface area contributed by atoms with Crippen LogP contribution in [-0.2, 0) is 17.8 Å². The number of aryl methyl sites for hydroxylation is 1. The van der Waals surface area contributed by atoms with Gasteiger partial charge in [-0.05, 0) is 55.8 Å². The Kier molecular flexibility index (Phi) is 7.18. The van der Waals surface area contributed by atoms with Crippen LogP contribution in [-0.4, -0.2) is 16.7 Å². The molecular formula is C28H26FN3O2. The third-order valence-corrected chi connectivity index (χ3v) is 5.52. The van der Waals surface area contributed by atoms with Crippen LogP contribution in [0.1, 0.15) is 28.1 Å². The first kappa shape index (κ1) is 23.0. The van der Waals surface area contributed by atoms with E-state index in [1.165, 1.54) is 6.07 Å². The standard InChI is InChI=1S/C28H26FN3O2/c1-20-16-24(18-30-31-28(33)17-22-8-4-3-5-9-22)21(2)32(20)25-12-14-26(15-13-25)34-19-23-10-6-7-11-27(23)29/h3-16,18H,17,19H2,1-2H3,(H,31,33)/b30-18+. The summed E-state index contributed by atoms with van der Waals surface area (Å²) in [4.78, 5) is 12.1. The Morgan fingerprint density at radius 2 is 1.71 bits per heavy atom.